The molecule has 2 rings (SSSR count). The molecule has 0 bridgehead atoms. The lowest BCUT2D eigenvalue weighted by Crippen LogP contribution is -2.24. The van der Waals surface area contributed by atoms with Gasteiger partial charge >= 0.3 is 0 Å². The van der Waals surface area contributed by atoms with Crippen LogP contribution in [0.5, 0.6) is 0 Å². The van der Waals surface area contributed by atoms with Crippen LogP contribution in [0.15, 0.2) is 17.9 Å². The number of sulfonamides is 1. The van der Waals surface area contributed by atoms with Crippen molar-refractivity contribution >= 4 is 32.4 Å². The van der Waals surface area contributed by atoms with Gasteiger partial charge in [-0.05, 0) is 0 Å². The SMILES string of the molecule is CS(=O)(=O)Nc1nc(CC(=O)NCc2cnc[nH]2)cs1. The number of nitrogens with zero attached hydrogens (tertiary/aromatic N) is 2. The third kappa shape index (κ3) is 4.63. The number of amides is 1. The van der Waals surface area contributed by atoms with E-state index >= 15 is 0 Å². The van der Waals surface area contributed by atoms with Crippen LogP contribution in [0.3, 0.4) is 0 Å². The standard InChI is InChI=1S/C10H13N5O3S2/c1-20(17,18)15-10-14-7(5-19-10)2-9(16)12-4-8-3-11-6-13-8/h3,5-6H,2,4H2,1H3,(H,11,13)(H,12,16)(H,14,15). The van der Waals surface area contributed by atoms with Crippen molar-refractivity contribution in [2.75, 3.05) is 11.0 Å². The summed E-state index contributed by atoms with van der Waals surface area (Å²) in [5, 5.41) is 4.60. The fourth-order valence-corrected chi connectivity index (χ4v) is 2.96. The smallest absolute Gasteiger partial charge is 0.231 e. The normalized spacial score (nSPS) is 11.2. The van der Waals surface area contributed by atoms with Crippen LogP contribution in [0.25, 0.3) is 0 Å². The summed E-state index contributed by atoms with van der Waals surface area (Å²) in [6.45, 7) is 0.359. The molecule has 2 heterocycles. The number of carbonyl (C=O) groups excluding carboxylic acids is 1. The highest BCUT2D eigenvalue weighted by Gasteiger charge is 2.10. The number of aromatic nitrogens is 3. The van der Waals surface area contributed by atoms with Gasteiger partial charge in [0, 0.05) is 11.6 Å². The summed E-state index contributed by atoms with van der Waals surface area (Å²) in [6, 6.07) is 0. The second kappa shape index (κ2) is 6.01. The van der Waals surface area contributed by atoms with Crippen molar-refractivity contribution in [2.24, 2.45) is 0 Å². The molecule has 0 atom stereocenters. The zero-order valence-electron chi connectivity index (χ0n) is 10.6. The molecule has 0 radical (unpaired) electrons. The van der Waals surface area contributed by atoms with E-state index in [1.165, 1.54) is 6.33 Å². The summed E-state index contributed by atoms with van der Waals surface area (Å²) in [5.74, 6) is -0.198. The molecule has 20 heavy (non-hydrogen) atoms. The van der Waals surface area contributed by atoms with Gasteiger partial charge in [-0.25, -0.2) is 18.4 Å². The van der Waals surface area contributed by atoms with Crippen LogP contribution in [0.2, 0.25) is 0 Å². The Kier molecular flexibility index (Phi) is 4.35. The average molecular weight is 315 g/mol. The minimum absolute atomic E-state index is 0.0933. The maximum absolute atomic E-state index is 11.7. The van der Waals surface area contributed by atoms with Crippen LogP contribution >= 0.6 is 11.3 Å². The summed E-state index contributed by atoms with van der Waals surface area (Å²) in [6.07, 6.45) is 4.30. The van der Waals surface area contributed by atoms with Gasteiger partial charge in [0.05, 0.1) is 36.9 Å². The summed E-state index contributed by atoms with van der Waals surface area (Å²) >= 11 is 1.14. The average Bonchev–Trinajstić information content (AvgIpc) is 2.96. The van der Waals surface area contributed by atoms with Gasteiger partial charge in [0.1, 0.15) is 0 Å². The number of carbonyl (C=O) groups is 1. The third-order valence-electron chi connectivity index (χ3n) is 2.20. The van der Waals surface area contributed by atoms with Crippen molar-refractivity contribution in [3.05, 3.63) is 29.3 Å². The molecule has 0 spiro atoms. The molecule has 0 saturated heterocycles. The van der Waals surface area contributed by atoms with Gasteiger partial charge in [0.25, 0.3) is 0 Å². The van der Waals surface area contributed by atoms with Crippen LogP contribution in [0.4, 0.5) is 5.13 Å². The third-order valence-corrected chi connectivity index (χ3v) is 3.70. The Labute approximate surface area is 119 Å². The fraction of sp³-hybridized carbons (Fsp3) is 0.300. The van der Waals surface area contributed by atoms with Gasteiger partial charge in [-0.15, -0.1) is 11.3 Å². The lowest BCUT2D eigenvalue weighted by molar-refractivity contribution is -0.120. The van der Waals surface area contributed by atoms with Crippen molar-refractivity contribution < 1.29 is 13.2 Å². The lowest BCUT2D eigenvalue weighted by atomic mass is 10.3. The topological polar surface area (TPSA) is 117 Å². The quantitative estimate of drug-likeness (QED) is 0.699. The number of anilines is 1. The second-order valence-electron chi connectivity index (χ2n) is 4.05. The molecule has 0 aliphatic carbocycles. The van der Waals surface area contributed by atoms with Crippen LogP contribution in [-0.4, -0.2) is 35.5 Å². The first-order valence-corrected chi connectivity index (χ1v) is 8.35. The zero-order chi connectivity index (χ0) is 14.6. The Morgan fingerprint density at radius 2 is 2.30 bits per heavy atom. The number of hydrogen-bond acceptors (Lipinski definition) is 6. The van der Waals surface area contributed by atoms with Crippen LogP contribution in [0, 0.1) is 0 Å². The van der Waals surface area contributed by atoms with E-state index in [4.69, 9.17) is 0 Å². The van der Waals surface area contributed by atoms with Crippen molar-refractivity contribution in [2.45, 2.75) is 13.0 Å². The molecular formula is C10H13N5O3S2. The van der Waals surface area contributed by atoms with Gasteiger partial charge in [0.2, 0.25) is 15.9 Å². The van der Waals surface area contributed by atoms with E-state index in [-0.39, 0.29) is 17.5 Å². The second-order valence-corrected chi connectivity index (χ2v) is 6.66. The van der Waals surface area contributed by atoms with E-state index in [9.17, 15) is 13.2 Å². The van der Waals surface area contributed by atoms with Crippen LogP contribution in [-0.2, 0) is 27.8 Å². The maximum Gasteiger partial charge on any atom is 0.231 e. The number of H-pyrrole nitrogens is 1. The molecule has 0 fully saturated rings. The molecule has 1 amide bonds. The summed E-state index contributed by atoms with van der Waals surface area (Å²) in [4.78, 5) is 22.4. The summed E-state index contributed by atoms with van der Waals surface area (Å²) in [7, 11) is -3.35. The maximum atomic E-state index is 11.7. The molecule has 3 N–H and O–H groups in total. The highest BCUT2D eigenvalue weighted by atomic mass is 32.2. The summed E-state index contributed by atoms with van der Waals surface area (Å²) in [5.41, 5.74) is 1.32. The minimum atomic E-state index is -3.35. The highest BCUT2D eigenvalue weighted by molar-refractivity contribution is 7.92. The molecule has 0 saturated carbocycles. The van der Waals surface area contributed by atoms with Gasteiger partial charge in [-0.2, -0.15) is 0 Å². The van der Waals surface area contributed by atoms with E-state index in [0.717, 1.165) is 23.3 Å². The Hall–Kier alpha value is -1.94. The first-order chi connectivity index (χ1) is 9.42. The fourth-order valence-electron chi connectivity index (χ4n) is 1.40. The Bertz CT molecular complexity index is 678. The van der Waals surface area contributed by atoms with E-state index in [0.29, 0.717) is 12.2 Å². The van der Waals surface area contributed by atoms with Crippen molar-refractivity contribution in [1.82, 2.24) is 20.3 Å². The highest BCUT2D eigenvalue weighted by Crippen LogP contribution is 2.16. The van der Waals surface area contributed by atoms with E-state index in [1.54, 1.807) is 11.6 Å². The molecule has 0 aliphatic heterocycles. The largest absolute Gasteiger partial charge is 0.350 e. The summed E-state index contributed by atoms with van der Waals surface area (Å²) < 4.78 is 24.3. The molecule has 0 unspecified atom stereocenters. The van der Waals surface area contributed by atoms with Crippen molar-refractivity contribution in [3.8, 4) is 0 Å². The molecule has 2 aromatic rings. The molecule has 0 aliphatic rings. The Balaban J connectivity index is 1.85. The lowest BCUT2D eigenvalue weighted by Gasteiger charge is -2.01. The number of hydrogen-bond donors (Lipinski definition) is 3. The Morgan fingerprint density at radius 1 is 1.50 bits per heavy atom. The monoisotopic (exact) mass is 315 g/mol. The van der Waals surface area contributed by atoms with E-state index in [2.05, 4.69) is 25.0 Å². The van der Waals surface area contributed by atoms with Gasteiger partial charge in [-0.3, -0.25) is 9.52 Å². The van der Waals surface area contributed by atoms with Crippen LogP contribution in [0.1, 0.15) is 11.4 Å². The number of nitrogens with one attached hydrogen (secondary N) is 3. The number of imidazole rings is 1. The molecule has 0 aromatic carbocycles. The molecule has 10 heteroatoms. The minimum Gasteiger partial charge on any atom is -0.350 e. The molecule has 8 nitrogen and oxygen atoms in total. The van der Waals surface area contributed by atoms with Crippen molar-refractivity contribution in [3.63, 3.8) is 0 Å². The van der Waals surface area contributed by atoms with Crippen molar-refractivity contribution in [1.29, 1.82) is 0 Å². The number of aromatic amines is 1. The number of rotatable bonds is 6. The first-order valence-electron chi connectivity index (χ1n) is 5.58. The zero-order valence-corrected chi connectivity index (χ0v) is 12.2. The Morgan fingerprint density at radius 3 is 2.95 bits per heavy atom. The van der Waals surface area contributed by atoms with E-state index in [1.807, 2.05) is 0 Å². The van der Waals surface area contributed by atoms with Gasteiger partial charge < -0.3 is 10.3 Å². The van der Waals surface area contributed by atoms with Gasteiger partial charge in [0.15, 0.2) is 5.13 Å². The molecule has 108 valence electrons. The number of thiazole rings is 1. The van der Waals surface area contributed by atoms with Crippen LogP contribution < -0.4 is 10.0 Å². The molecular weight excluding hydrogens is 302 g/mol. The molecule has 2 aromatic heterocycles. The van der Waals surface area contributed by atoms with E-state index < -0.39 is 10.0 Å². The van der Waals surface area contributed by atoms with Gasteiger partial charge in [-0.1, -0.05) is 0 Å². The predicted molar refractivity (Wildman–Crippen MR) is 74.7 cm³/mol. The first kappa shape index (κ1) is 14.5. The predicted octanol–water partition coefficient (Wildman–Crippen LogP) is 0.0966.